The summed E-state index contributed by atoms with van der Waals surface area (Å²) >= 11 is 0. The minimum absolute atomic E-state index is 0.0422. The average molecular weight is 611 g/mol. The first-order chi connectivity index (χ1) is 21.4. The van der Waals surface area contributed by atoms with E-state index >= 15 is 4.39 Å². The van der Waals surface area contributed by atoms with Crippen molar-refractivity contribution in [1.29, 1.82) is 0 Å². The SMILES string of the molecule is C=C/C(=C(CO)\C(=C/C)c1cc(Nc2ccc(C(C)(C)C(=O)O)cn2)c(=O)n(C)c1)n1ccc2cc(C3CC3)cc(F)c2c1=O. The number of carboxylic acid groups (broad SMARTS) is 1. The van der Waals surface area contributed by atoms with Gasteiger partial charge in [0.25, 0.3) is 11.1 Å². The molecule has 0 atom stereocenters. The van der Waals surface area contributed by atoms with Gasteiger partial charge >= 0.3 is 5.97 Å². The Morgan fingerprint density at radius 3 is 2.49 bits per heavy atom. The molecule has 3 aromatic heterocycles. The number of aromatic nitrogens is 3. The first kappa shape index (κ1) is 31.3. The van der Waals surface area contributed by atoms with Crippen molar-refractivity contribution >= 4 is 39.5 Å². The van der Waals surface area contributed by atoms with Gasteiger partial charge in [-0.3, -0.25) is 19.0 Å². The molecule has 0 bridgehead atoms. The van der Waals surface area contributed by atoms with E-state index in [0.717, 1.165) is 18.4 Å². The van der Waals surface area contributed by atoms with Gasteiger partial charge in [-0.05, 0) is 92.0 Å². The van der Waals surface area contributed by atoms with E-state index in [1.165, 1.54) is 27.5 Å². The van der Waals surface area contributed by atoms with Gasteiger partial charge in [-0.2, -0.15) is 0 Å². The van der Waals surface area contributed by atoms with Crippen molar-refractivity contribution in [2.24, 2.45) is 7.05 Å². The lowest BCUT2D eigenvalue weighted by atomic mass is 9.86. The zero-order valence-electron chi connectivity index (χ0n) is 25.6. The molecule has 0 unspecified atom stereocenters. The molecular formula is C35H35FN4O5. The summed E-state index contributed by atoms with van der Waals surface area (Å²) in [5, 5.41) is 23.6. The fraction of sp³-hybridized carbons (Fsp3) is 0.257. The van der Waals surface area contributed by atoms with E-state index in [2.05, 4.69) is 16.9 Å². The van der Waals surface area contributed by atoms with Crippen molar-refractivity contribution in [2.45, 2.75) is 44.9 Å². The van der Waals surface area contributed by atoms with Crippen molar-refractivity contribution in [3.8, 4) is 0 Å². The number of carbonyl (C=O) groups is 1. The molecule has 232 valence electrons. The Hall–Kier alpha value is -5.09. The molecule has 0 spiro atoms. The highest BCUT2D eigenvalue weighted by atomic mass is 19.1. The smallest absolute Gasteiger partial charge is 0.313 e. The number of carboxylic acids is 1. The first-order valence-corrected chi connectivity index (χ1v) is 14.6. The highest BCUT2D eigenvalue weighted by Gasteiger charge is 2.30. The van der Waals surface area contributed by atoms with Gasteiger partial charge in [-0.25, -0.2) is 9.37 Å². The number of aliphatic carboxylic acids is 1. The number of rotatable bonds is 10. The molecule has 0 radical (unpaired) electrons. The van der Waals surface area contributed by atoms with Crippen molar-refractivity contribution in [2.75, 3.05) is 11.9 Å². The third-order valence-corrected chi connectivity index (χ3v) is 8.34. The summed E-state index contributed by atoms with van der Waals surface area (Å²) in [5.41, 5.74) is 1.17. The summed E-state index contributed by atoms with van der Waals surface area (Å²) in [6, 6.07) is 9.81. The Balaban J connectivity index is 1.57. The number of fused-ring (bicyclic) bond motifs is 1. The van der Waals surface area contributed by atoms with Crippen LogP contribution in [0.1, 0.15) is 56.2 Å². The van der Waals surface area contributed by atoms with E-state index < -0.39 is 29.4 Å². The maximum Gasteiger partial charge on any atom is 0.313 e. The van der Waals surface area contributed by atoms with Crippen LogP contribution in [0.3, 0.4) is 0 Å². The summed E-state index contributed by atoms with van der Waals surface area (Å²) in [4.78, 5) is 42.7. The van der Waals surface area contributed by atoms with Crippen LogP contribution in [0.15, 0.2) is 88.9 Å². The number of nitrogens with zero attached hydrogens (tertiary/aromatic N) is 3. The molecule has 1 saturated carbocycles. The number of aliphatic hydroxyl groups is 1. The molecule has 1 aromatic carbocycles. The molecule has 1 aliphatic carbocycles. The van der Waals surface area contributed by atoms with E-state index in [-0.39, 0.29) is 22.3 Å². The van der Waals surface area contributed by atoms with Crippen molar-refractivity contribution in [1.82, 2.24) is 14.1 Å². The molecule has 1 fully saturated rings. The predicted octanol–water partition coefficient (Wildman–Crippen LogP) is 5.71. The van der Waals surface area contributed by atoms with Crippen molar-refractivity contribution in [3.05, 3.63) is 123 Å². The lowest BCUT2D eigenvalue weighted by molar-refractivity contribution is -0.142. The Kier molecular flexibility index (Phi) is 8.44. The van der Waals surface area contributed by atoms with Crippen LogP contribution in [0, 0.1) is 5.82 Å². The fourth-order valence-corrected chi connectivity index (χ4v) is 5.43. The zero-order chi connectivity index (χ0) is 32.6. The second-order valence-corrected chi connectivity index (χ2v) is 11.7. The normalized spacial score (nSPS) is 14.3. The maximum atomic E-state index is 15.3. The average Bonchev–Trinajstić information content (AvgIpc) is 3.86. The summed E-state index contributed by atoms with van der Waals surface area (Å²) in [6.07, 6.45) is 9.80. The number of aliphatic hydroxyl groups excluding tert-OH is 1. The summed E-state index contributed by atoms with van der Waals surface area (Å²) in [6.45, 7) is 8.32. The largest absolute Gasteiger partial charge is 0.481 e. The molecule has 45 heavy (non-hydrogen) atoms. The molecule has 0 amide bonds. The van der Waals surface area contributed by atoms with E-state index in [4.69, 9.17) is 0 Å². The lowest BCUT2D eigenvalue weighted by Gasteiger charge is -2.20. The molecule has 9 nitrogen and oxygen atoms in total. The van der Waals surface area contributed by atoms with E-state index in [9.17, 15) is 24.6 Å². The third-order valence-electron chi connectivity index (χ3n) is 8.34. The number of benzene rings is 1. The predicted molar refractivity (Wildman–Crippen MR) is 174 cm³/mol. The number of pyridine rings is 3. The molecule has 0 saturated heterocycles. The lowest BCUT2D eigenvalue weighted by Crippen LogP contribution is -2.28. The highest BCUT2D eigenvalue weighted by Crippen LogP contribution is 2.41. The topological polar surface area (TPSA) is 126 Å². The van der Waals surface area contributed by atoms with E-state index in [1.54, 1.807) is 70.6 Å². The van der Waals surface area contributed by atoms with Crippen LogP contribution in [0.5, 0.6) is 0 Å². The van der Waals surface area contributed by atoms with Gasteiger partial charge in [0.05, 0.1) is 23.1 Å². The molecule has 5 rings (SSSR count). The Bertz CT molecular complexity index is 2020. The number of nitrogens with one attached hydrogen (secondary N) is 1. The van der Waals surface area contributed by atoms with E-state index in [0.29, 0.717) is 39.4 Å². The number of aryl methyl sites for hydroxylation is 1. The number of hydrogen-bond donors (Lipinski definition) is 3. The molecule has 3 N–H and O–H groups in total. The Labute approximate surface area is 259 Å². The maximum absolute atomic E-state index is 15.3. The number of allylic oxidation sites excluding steroid dienone is 3. The van der Waals surface area contributed by atoms with Crippen LogP contribution >= 0.6 is 0 Å². The molecule has 3 heterocycles. The number of hydrogen-bond acceptors (Lipinski definition) is 6. The van der Waals surface area contributed by atoms with Gasteiger partial charge in [0.2, 0.25) is 0 Å². The molecule has 1 aliphatic rings. The van der Waals surface area contributed by atoms with Crippen molar-refractivity contribution < 1.29 is 19.4 Å². The minimum Gasteiger partial charge on any atom is -0.481 e. The van der Waals surface area contributed by atoms with Gasteiger partial charge in [0, 0.05) is 36.8 Å². The summed E-state index contributed by atoms with van der Waals surface area (Å²) in [7, 11) is 1.58. The van der Waals surface area contributed by atoms with Crippen LogP contribution < -0.4 is 16.4 Å². The summed E-state index contributed by atoms with van der Waals surface area (Å²) < 4.78 is 17.9. The third kappa shape index (κ3) is 5.88. The molecule has 0 aliphatic heterocycles. The van der Waals surface area contributed by atoms with Gasteiger partial charge in [-0.15, -0.1) is 0 Å². The Morgan fingerprint density at radius 2 is 1.91 bits per heavy atom. The second kappa shape index (κ2) is 12.1. The molecule has 10 heteroatoms. The van der Waals surface area contributed by atoms with Crippen molar-refractivity contribution in [3.63, 3.8) is 0 Å². The van der Waals surface area contributed by atoms with Crippen LogP contribution in [0.25, 0.3) is 22.0 Å². The van der Waals surface area contributed by atoms with Gasteiger partial charge in [0.15, 0.2) is 0 Å². The van der Waals surface area contributed by atoms with Gasteiger partial charge < -0.3 is 20.1 Å². The monoisotopic (exact) mass is 610 g/mol. The highest BCUT2D eigenvalue weighted by molar-refractivity contribution is 5.90. The molecule has 4 aromatic rings. The van der Waals surface area contributed by atoms with Gasteiger partial charge in [-0.1, -0.05) is 24.8 Å². The van der Waals surface area contributed by atoms with E-state index in [1.807, 2.05) is 6.07 Å². The summed E-state index contributed by atoms with van der Waals surface area (Å²) in [5.74, 6) is -0.920. The standard InChI is InChI=1S/C35H35FN4O5/c1-6-25(23-16-28(32(42)39(5)18-23)38-30-11-10-24(17-37-30)35(3,4)34(44)45)26(19-41)29(7-2)40-13-12-21-14-22(20-8-9-20)15-27(36)31(21)33(40)43/h6-7,10-18,20,41H,2,8-9,19H2,1,3-5H3,(H,37,38)(H,44,45)/b25-6-,29-26+. The minimum atomic E-state index is -1.14. The fourth-order valence-electron chi connectivity index (χ4n) is 5.43. The number of anilines is 2. The van der Waals surface area contributed by atoms with Crippen LogP contribution in [0.4, 0.5) is 15.9 Å². The van der Waals surface area contributed by atoms with Crippen LogP contribution in [-0.2, 0) is 17.3 Å². The van der Waals surface area contributed by atoms with Gasteiger partial charge in [0.1, 0.15) is 17.3 Å². The van der Waals surface area contributed by atoms with Crippen LogP contribution in [0.2, 0.25) is 0 Å². The zero-order valence-corrected chi connectivity index (χ0v) is 25.6. The second-order valence-electron chi connectivity index (χ2n) is 11.7. The first-order valence-electron chi connectivity index (χ1n) is 14.6. The number of halogens is 1. The Morgan fingerprint density at radius 1 is 1.18 bits per heavy atom. The quantitative estimate of drug-likeness (QED) is 0.196. The van der Waals surface area contributed by atoms with Crippen LogP contribution in [-0.4, -0.2) is 36.9 Å². The molecular weight excluding hydrogens is 575 g/mol.